The van der Waals surface area contributed by atoms with Crippen molar-refractivity contribution in [3.05, 3.63) is 29.2 Å². The molecule has 3 rings (SSSR count). The summed E-state index contributed by atoms with van der Waals surface area (Å²) in [6.45, 7) is 2.62. The largest absolute Gasteiger partial charge is 0.330 e. The summed E-state index contributed by atoms with van der Waals surface area (Å²) in [5, 5.41) is 3.03. The van der Waals surface area contributed by atoms with Gasteiger partial charge < -0.3 is 10.7 Å². The zero-order valence-corrected chi connectivity index (χ0v) is 10.3. The van der Waals surface area contributed by atoms with E-state index in [1.165, 1.54) is 0 Å². The van der Waals surface area contributed by atoms with Crippen molar-refractivity contribution in [2.75, 3.05) is 6.54 Å². The maximum atomic E-state index is 5.57. The van der Waals surface area contributed by atoms with Gasteiger partial charge in [0.25, 0.3) is 0 Å². The number of hydrogen-bond donors (Lipinski definition) is 2. The Morgan fingerprint density at radius 3 is 3.12 bits per heavy atom. The number of nitrogens with zero attached hydrogens (tertiary/aromatic N) is 3. The van der Waals surface area contributed by atoms with Crippen LogP contribution in [-0.4, -0.2) is 25.9 Å². The van der Waals surface area contributed by atoms with Crippen LogP contribution in [0.3, 0.4) is 0 Å². The third-order valence-corrected chi connectivity index (χ3v) is 3.62. The Labute approximate surface area is 102 Å². The van der Waals surface area contributed by atoms with Crippen LogP contribution >= 0.6 is 11.3 Å². The SMILES string of the molecule is Cc1csc(-c2cn3c(CCN)cnc3[nH]2)n1. The number of H-pyrrole nitrogens is 1. The van der Waals surface area contributed by atoms with Crippen LogP contribution in [0.5, 0.6) is 0 Å². The Balaban J connectivity index is 2.07. The number of hydrogen-bond acceptors (Lipinski definition) is 4. The third kappa shape index (κ3) is 1.75. The lowest BCUT2D eigenvalue weighted by molar-refractivity contribution is 0.908. The number of nitrogens with one attached hydrogen (secondary N) is 1. The normalized spacial score (nSPS) is 11.4. The van der Waals surface area contributed by atoms with Crippen molar-refractivity contribution in [1.29, 1.82) is 0 Å². The van der Waals surface area contributed by atoms with Crippen molar-refractivity contribution >= 4 is 17.1 Å². The fraction of sp³-hybridized carbons (Fsp3) is 0.273. The minimum absolute atomic E-state index is 0.630. The molecule has 0 spiro atoms. The van der Waals surface area contributed by atoms with Crippen LogP contribution in [0.25, 0.3) is 16.5 Å². The molecule has 3 heterocycles. The number of thiazole rings is 1. The number of aromatic nitrogens is 4. The van der Waals surface area contributed by atoms with Gasteiger partial charge in [0.15, 0.2) is 0 Å². The molecular formula is C11H13N5S. The van der Waals surface area contributed by atoms with E-state index in [1.54, 1.807) is 11.3 Å². The second-order valence-electron chi connectivity index (χ2n) is 3.94. The summed E-state index contributed by atoms with van der Waals surface area (Å²) in [4.78, 5) is 12.0. The van der Waals surface area contributed by atoms with Crippen LogP contribution in [0.15, 0.2) is 17.8 Å². The topological polar surface area (TPSA) is 72.0 Å². The van der Waals surface area contributed by atoms with E-state index in [9.17, 15) is 0 Å². The van der Waals surface area contributed by atoms with E-state index >= 15 is 0 Å². The summed E-state index contributed by atoms with van der Waals surface area (Å²) in [5.41, 5.74) is 8.74. The summed E-state index contributed by atoms with van der Waals surface area (Å²) in [6, 6.07) is 0. The predicted molar refractivity (Wildman–Crippen MR) is 68.1 cm³/mol. The molecule has 3 aromatic heterocycles. The lowest BCUT2D eigenvalue weighted by Gasteiger charge is -1.93. The zero-order chi connectivity index (χ0) is 11.8. The van der Waals surface area contributed by atoms with Crippen molar-refractivity contribution < 1.29 is 0 Å². The van der Waals surface area contributed by atoms with Crippen LogP contribution in [0.4, 0.5) is 0 Å². The van der Waals surface area contributed by atoms with Crippen LogP contribution in [0.2, 0.25) is 0 Å². The molecule has 0 atom stereocenters. The van der Waals surface area contributed by atoms with Gasteiger partial charge in [-0.3, -0.25) is 4.40 Å². The Hall–Kier alpha value is -1.66. The van der Waals surface area contributed by atoms with Crippen LogP contribution in [0, 0.1) is 6.92 Å². The standard InChI is InChI=1S/C11H13N5S/c1-7-6-17-10(14-7)9-5-16-8(2-3-12)4-13-11(16)15-9/h4-6H,2-3,12H2,1H3,(H,13,15). The Morgan fingerprint density at radius 2 is 2.41 bits per heavy atom. The maximum absolute atomic E-state index is 5.57. The molecule has 0 saturated carbocycles. The first-order valence-electron chi connectivity index (χ1n) is 5.45. The van der Waals surface area contributed by atoms with E-state index in [2.05, 4.69) is 15.0 Å². The summed E-state index contributed by atoms with van der Waals surface area (Å²) in [6.07, 6.45) is 4.72. The number of aromatic amines is 1. The summed E-state index contributed by atoms with van der Waals surface area (Å²) in [5.74, 6) is 0.844. The zero-order valence-electron chi connectivity index (χ0n) is 9.47. The second-order valence-corrected chi connectivity index (χ2v) is 4.80. The highest BCUT2D eigenvalue weighted by Gasteiger charge is 2.10. The molecule has 0 aromatic carbocycles. The molecule has 0 bridgehead atoms. The lowest BCUT2D eigenvalue weighted by Crippen LogP contribution is -2.04. The average molecular weight is 247 g/mol. The molecule has 6 heteroatoms. The molecule has 3 N–H and O–H groups in total. The minimum Gasteiger partial charge on any atom is -0.330 e. The number of imidazole rings is 2. The fourth-order valence-corrected chi connectivity index (χ4v) is 2.60. The van der Waals surface area contributed by atoms with E-state index in [0.717, 1.165) is 34.3 Å². The van der Waals surface area contributed by atoms with Crippen LogP contribution in [-0.2, 0) is 6.42 Å². The van der Waals surface area contributed by atoms with Gasteiger partial charge in [-0.25, -0.2) is 9.97 Å². The Morgan fingerprint density at radius 1 is 1.53 bits per heavy atom. The molecule has 0 aliphatic heterocycles. The molecule has 17 heavy (non-hydrogen) atoms. The van der Waals surface area contributed by atoms with E-state index in [1.807, 2.05) is 29.1 Å². The number of aryl methyl sites for hydroxylation is 1. The molecule has 0 fully saturated rings. The average Bonchev–Trinajstić information content (AvgIpc) is 2.95. The van der Waals surface area contributed by atoms with Gasteiger partial charge in [-0.1, -0.05) is 0 Å². The van der Waals surface area contributed by atoms with E-state index < -0.39 is 0 Å². The first-order valence-corrected chi connectivity index (χ1v) is 6.33. The first-order chi connectivity index (χ1) is 8.28. The van der Waals surface area contributed by atoms with Gasteiger partial charge in [0.1, 0.15) is 5.01 Å². The highest BCUT2D eigenvalue weighted by molar-refractivity contribution is 7.13. The van der Waals surface area contributed by atoms with Crippen LogP contribution in [0.1, 0.15) is 11.4 Å². The summed E-state index contributed by atoms with van der Waals surface area (Å²) >= 11 is 1.63. The summed E-state index contributed by atoms with van der Waals surface area (Å²) in [7, 11) is 0. The maximum Gasteiger partial charge on any atom is 0.211 e. The lowest BCUT2D eigenvalue weighted by atomic mass is 10.3. The van der Waals surface area contributed by atoms with E-state index in [-0.39, 0.29) is 0 Å². The van der Waals surface area contributed by atoms with E-state index in [4.69, 9.17) is 5.73 Å². The highest BCUT2D eigenvalue weighted by Crippen LogP contribution is 2.23. The molecule has 0 saturated heterocycles. The Kier molecular flexibility index (Phi) is 2.45. The van der Waals surface area contributed by atoms with Gasteiger partial charge in [-0.2, -0.15) is 0 Å². The molecule has 3 aromatic rings. The fourth-order valence-electron chi connectivity index (χ4n) is 1.83. The highest BCUT2D eigenvalue weighted by atomic mass is 32.1. The smallest absolute Gasteiger partial charge is 0.211 e. The van der Waals surface area contributed by atoms with Gasteiger partial charge in [0.05, 0.1) is 11.9 Å². The quantitative estimate of drug-likeness (QED) is 0.738. The van der Waals surface area contributed by atoms with Crippen molar-refractivity contribution in [1.82, 2.24) is 19.4 Å². The molecule has 0 aliphatic carbocycles. The number of nitrogens with two attached hydrogens (primary N) is 1. The molecule has 0 amide bonds. The molecule has 0 radical (unpaired) electrons. The van der Waals surface area contributed by atoms with Gasteiger partial charge in [0.2, 0.25) is 5.78 Å². The monoisotopic (exact) mass is 247 g/mol. The Bertz CT molecular complexity index is 648. The number of fused-ring (bicyclic) bond motifs is 1. The van der Waals surface area contributed by atoms with Gasteiger partial charge in [-0.15, -0.1) is 11.3 Å². The first kappa shape index (κ1) is 10.5. The molecule has 5 nitrogen and oxygen atoms in total. The van der Waals surface area contributed by atoms with Crippen LogP contribution < -0.4 is 5.73 Å². The van der Waals surface area contributed by atoms with Crippen molar-refractivity contribution in [3.8, 4) is 10.7 Å². The van der Waals surface area contributed by atoms with Gasteiger partial charge in [0, 0.05) is 29.4 Å². The second kappa shape index (κ2) is 3.97. The van der Waals surface area contributed by atoms with Gasteiger partial charge in [-0.05, 0) is 13.5 Å². The van der Waals surface area contributed by atoms with Gasteiger partial charge >= 0.3 is 0 Å². The predicted octanol–water partition coefficient (Wildman–Crippen LogP) is 1.60. The minimum atomic E-state index is 0.630. The van der Waals surface area contributed by atoms with Crippen molar-refractivity contribution in [2.24, 2.45) is 5.73 Å². The molecular weight excluding hydrogens is 234 g/mol. The molecule has 88 valence electrons. The summed E-state index contributed by atoms with van der Waals surface area (Å²) < 4.78 is 2.04. The van der Waals surface area contributed by atoms with Crippen molar-refractivity contribution in [2.45, 2.75) is 13.3 Å². The van der Waals surface area contributed by atoms with Crippen molar-refractivity contribution in [3.63, 3.8) is 0 Å². The molecule has 0 aliphatic rings. The van der Waals surface area contributed by atoms with E-state index in [0.29, 0.717) is 6.54 Å². The number of rotatable bonds is 3. The third-order valence-electron chi connectivity index (χ3n) is 2.63. The molecule has 0 unspecified atom stereocenters.